The molecule has 1 aromatic rings. The molecule has 0 spiro atoms. The molecule has 2 N–H and O–H groups in total. The zero-order valence-electron chi connectivity index (χ0n) is 4.70. The number of phenols is 2. The van der Waals surface area contributed by atoms with Crippen LogP contribution in [-0.2, 0) is 0 Å². The topological polar surface area (TPSA) is 40.5 Å². The fourth-order valence-electron chi connectivity index (χ4n) is 0.464. The van der Waals surface area contributed by atoms with Crippen molar-refractivity contribution in [3.05, 3.63) is 24.3 Å². The molecule has 0 radical (unpaired) electrons. The second-order valence-corrected chi connectivity index (χ2v) is 1.49. The molecule has 0 aliphatic heterocycles. The van der Waals surface area contributed by atoms with Gasteiger partial charge in [0.05, 0.1) is 0 Å². The molecular weight excluding hydrogens is 244 g/mol. The SMILES string of the molecule is Oc1ccccc1O.[Ce]. The van der Waals surface area contributed by atoms with Crippen LogP contribution in [0, 0.1) is 41.7 Å². The summed E-state index contributed by atoms with van der Waals surface area (Å²) in [6, 6.07) is 6.15. The van der Waals surface area contributed by atoms with Gasteiger partial charge >= 0.3 is 0 Å². The summed E-state index contributed by atoms with van der Waals surface area (Å²) >= 11 is 0. The van der Waals surface area contributed by atoms with Gasteiger partial charge in [-0.3, -0.25) is 0 Å². The maximum Gasteiger partial charge on any atom is 0.157 e. The van der Waals surface area contributed by atoms with Crippen LogP contribution in [-0.4, -0.2) is 10.2 Å². The summed E-state index contributed by atoms with van der Waals surface area (Å²) in [5.74, 6) is -0.153. The minimum Gasteiger partial charge on any atom is -0.504 e. The summed E-state index contributed by atoms with van der Waals surface area (Å²) in [6.07, 6.45) is 0. The number of benzene rings is 1. The molecule has 3 heteroatoms. The van der Waals surface area contributed by atoms with Gasteiger partial charge in [-0.2, -0.15) is 0 Å². The van der Waals surface area contributed by atoms with E-state index >= 15 is 0 Å². The van der Waals surface area contributed by atoms with Crippen LogP contribution >= 0.6 is 0 Å². The van der Waals surface area contributed by atoms with Crippen LogP contribution in [0.25, 0.3) is 0 Å². The number of para-hydroxylation sites is 2. The summed E-state index contributed by atoms with van der Waals surface area (Å²) in [4.78, 5) is 0. The molecule has 0 saturated carbocycles. The van der Waals surface area contributed by atoms with Gasteiger partial charge in [0.15, 0.2) is 11.5 Å². The van der Waals surface area contributed by atoms with E-state index in [2.05, 4.69) is 0 Å². The van der Waals surface area contributed by atoms with Gasteiger partial charge in [0, 0.05) is 41.7 Å². The third-order valence-electron chi connectivity index (χ3n) is 0.882. The minimum atomic E-state index is -0.0764. The van der Waals surface area contributed by atoms with Gasteiger partial charge in [0.2, 0.25) is 0 Å². The standard InChI is InChI=1S/C6H6O2.Ce/c7-5-3-1-2-4-6(5)8;/h1-4,7-8H;. The maximum atomic E-state index is 8.67. The Balaban J connectivity index is 0.000000640. The van der Waals surface area contributed by atoms with E-state index in [0.29, 0.717) is 0 Å². The summed E-state index contributed by atoms with van der Waals surface area (Å²) in [5, 5.41) is 17.3. The van der Waals surface area contributed by atoms with Gasteiger partial charge < -0.3 is 10.2 Å². The normalized spacial score (nSPS) is 8.00. The van der Waals surface area contributed by atoms with Crippen LogP contribution in [0.4, 0.5) is 0 Å². The summed E-state index contributed by atoms with van der Waals surface area (Å²) in [5.41, 5.74) is 0. The summed E-state index contributed by atoms with van der Waals surface area (Å²) in [6.45, 7) is 0. The largest absolute Gasteiger partial charge is 0.504 e. The van der Waals surface area contributed by atoms with Crippen molar-refractivity contribution in [3.63, 3.8) is 0 Å². The van der Waals surface area contributed by atoms with Gasteiger partial charge in [-0.05, 0) is 12.1 Å². The second-order valence-electron chi connectivity index (χ2n) is 1.49. The molecule has 0 aliphatic rings. The van der Waals surface area contributed by atoms with Crippen LogP contribution in [0.5, 0.6) is 11.5 Å². The first-order chi connectivity index (χ1) is 3.80. The molecule has 0 heterocycles. The first-order valence-corrected chi connectivity index (χ1v) is 2.27. The predicted octanol–water partition coefficient (Wildman–Crippen LogP) is 1.10. The van der Waals surface area contributed by atoms with Gasteiger partial charge in [-0.25, -0.2) is 0 Å². The molecule has 1 rings (SSSR count). The van der Waals surface area contributed by atoms with E-state index in [0.717, 1.165) is 0 Å². The van der Waals surface area contributed by atoms with Crippen molar-refractivity contribution in [1.82, 2.24) is 0 Å². The van der Waals surface area contributed by atoms with E-state index in [9.17, 15) is 0 Å². The third-order valence-corrected chi connectivity index (χ3v) is 0.882. The van der Waals surface area contributed by atoms with E-state index in [-0.39, 0.29) is 53.2 Å². The van der Waals surface area contributed by atoms with Crippen molar-refractivity contribution in [2.24, 2.45) is 0 Å². The smallest absolute Gasteiger partial charge is 0.157 e. The van der Waals surface area contributed by atoms with Crippen LogP contribution in [0.1, 0.15) is 0 Å². The van der Waals surface area contributed by atoms with Crippen LogP contribution in [0.3, 0.4) is 0 Å². The minimum absolute atomic E-state index is 0. The quantitative estimate of drug-likeness (QED) is 0.677. The molecule has 0 aromatic heterocycles. The van der Waals surface area contributed by atoms with Crippen molar-refractivity contribution in [2.75, 3.05) is 0 Å². The van der Waals surface area contributed by atoms with Crippen LogP contribution < -0.4 is 0 Å². The Morgan fingerprint density at radius 2 is 1.22 bits per heavy atom. The Labute approximate surface area is 86.9 Å². The molecule has 0 amide bonds. The number of hydrogen-bond acceptors (Lipinski definition) is 2. The monoisotopic (exact) mass is 250 g/mol. The van der Waals surface area contributed by atoms with Gasteiger partial charge in [0.1, 0.15) is 0 Å². The van der Waals surface area contributed by atoms with Gasteiger partial charge in [-0.1, -0.05) is 12.1 Å². The first-order valence-electron chi connectivity index (χ1n) is 2.27. The molecule has 0 saturated heterocycles. The molecule has 0 aliphatic carbocycles. The third kappa shape index (κ3) is 2.51. The van der Waals surface area contributed by atoms with E-state index in [1.165, 1.54) is 12.1 Å². The van der Waals surface area contributed by atoms with Crippen LogP contribution in [0.15, 0.2) is 24.3 Å². The van der Waals surface area contributed by atoms with Crippen molar-refractivity contribution < 1.29 is 52.0 Å². The predicted molar refractivity (Wildman–Crippen MR) is 29.8 cm³/mol. The fourth-order valence-corrected chi connectivity index (χ4v) is 0.464. The Bertz CT molecular complexity index is 167. The van der Waals surface area contributed by atoms with Gasteiger partial charge in [-0.15, -0.1) is 0 Å². The number of hydrogen-bond donors (Lipinski definition) is 2. The molecule has 1 aromatic carbocycles. The number of rotatable bonds is 0. The Kier molecular flexibility index (Phi) is 4.17. The number of phenolic OH excluding ortho intramolecular Hbond substituents is 2. The Hall–Kier alpha value is 0.197. The zero-order chi connectivity index (χ0) is 5.98. The van der Waals surface area contributed by atoms with Crippen molar-refractivity contribution in [3.8, 4) is 11.5 Å². The fraction of sp³-hybridized carbons (Fsp3) is 0. The summed E-state index contributed by atoms with van der Waals surface area (Å²) in [7, 11) is 0. The van der Waals surface area contributed by atoms with Crippen molar-refractivity contribution in [2.45, 2.75) is 0 Å². The molecule has 2 nitrogen and oxygen atoms in total. The van der Waals surface area contributed by atoms with Crippen molar-refractivity contribution >= 4 is 0 Å². The van der Waals surface area contributed by atoms with Crippen molar-refractivity contribution in [1.29, 1.82) is 0 Å². The number of aromatic hydroxyl groups is 2. The second kappa shape index (κ2) is 4.08. The maximum absolute atomic E-state index is 8.67. The molecule has 0 fully saturated rings. The Morgan fingerprint density at radius 3 is 1.44 bits per heavy atom. The van der Waals surface area contributed by atoms with Gasteiger partial charge in [0.25, 0.3) is 0 Å². The zero-order valence-corrected chi connectivity index (χ0v) is 7.84. The van der Waals surface area contributed by atoms with Crippen LogP contribution in [0.2, 0.25) is 0 Å². The van der Waals surface area contributed by atoms with E-state index in [4.69, 9.17) is 10.2 Å². The molecule has 46 valence electrons. The first kappa shape index (κ1) is 9.20. The molecule has 9 heavy (non-hydrogen) atoms. The Morgan fingerprint density at radius 1 is 0.889 bits per heavy atom. The van der Waals surface area contributed by atoms with E-state index in [1.54, 1.807) is 12.1 Å². The molecule has 0 bridgehead atoms. The van der Waals surface area contributed by atoms with E-state index < -0.39 is 0 Å². The molecule has 0 atom stereocenters. The summed E-state index contributed by atoms with van der Waals surface area (Å²) < 4.78 is 0. The molecule has 0 unspecified atom stereocenters. The average Bonchev–Trinajstić information content (AvgIpc) is 1.77. The molecular formula is C6H6CeO2. The average molecular weight is 250 g/mol. The van der Waals surface area contributed by atoms with E-state index in [1.807, 2.05) is 0 Å².